The molecule has 4 heteroatoms. The highest BCUT2D eigenvalue weighted by atomic mass is 16.2. The van der Waals surface area contributed by atoms with E-state index in [2.05, 4.69) is 5.10 Å². The molecule has 18 heavy (non-hydrogen) atoms. The quantitative estimate of drug-likeness (QED) is 0.820. The minimum atomic E-state index is -0.279. The molecule has 0 fully saturated rings. The zero-order chi connectivity index (χ0) is 13.4. The SMILES string of the molecule is Cc1cccc(C(=O)c2c(C)[nH]n(C)c2=O)c1C. The van der Waals surface area contributed by atoms with Gasteiger partial charge in [-0.2, -0.15) is 0 Å². The molecule has 0 saturated carbocycles. The minimum Gasteiger partial charge on any atom is -0.299 e. The Labute approximate surface area is 105 Å². The summed E-state index contributed by atoms with van der Waals surface area (Å²) in [5.74, 6) is -0.212. The van der Waals surface area contributed by atoms with Gasteiger partial charge in [0.05, 0.1) is 0 Å². The molecule has 0 aliphatic carbocycles. The molecule has 0 aliphatic rings. The first-order chi connectivity index (χ1) is 8.43. The van der Waals surface area contributed by atoms with E-state index in [1.165, 1.54) is 4.68 Å². The van der Waals surface area contributed by atoms with Gasteiger partial charge in [-0.05, 0) is 31.9 Å². The number of benzene rings is 1. The van der Waals surface area contributed by atoms with Gasteiger partial charge in [0.15, 0.2) is 0 Å². The van der Waals surface area contributed by atoms with Crippen LogP contribution in [0.25, 0.3) is 0 Å². The van der Waals surface area contributed by atoms with Crippen LogP contribution in [0.2, 0.25) is 0 Å². The Morgan fingerprint density at radius 2 is 1.89 bits per heavy atom. The molecule has 4 nitrogen and oxygen atoms in total. The molecule has 0 aliphatic heterocycles. The number of hydrogen-bond donors (Lipinski definition) is 1. The zero-order valence-corrected chi connectivity index (χ0v) is 11.0. The molecule has 1 aromatic carbocycles. The van der Waals surface area contributed by atoms with Gasteiger partial charge in [0.25, 0.3) is 5.56 Å². The Morgan fingerprint density at radius 3 is 2.44 bits per heavy atom. The summed E-state index contributed by atoms with van der Waals surface area (Å²) in [5.41, 5.74) is 3.11. The summed E-state index contributed by atoms with van der Waals surface area (Å²) in [5, 5.41) is 2.84. The maximum Gasteiger partial charge on any atom is 0.277 e. The molecule has 0 bridgehead atoms. The van der Waals surface area contributed by atoms with E-state index in [9.17, 15) is 9.59 Å². The van der Waals surface area contributed by atoms with Crippen molar-refractivity contribution < 1.29 is 4.79 Å². The van der Waals surface area contributed by atoms with E-state index in [1.807, 2.05) is 26.0 Å². The third-order valence-corrected chi connectivity index (χ3v) is 3.31. The van der Waals surface area contributed by atoms with Crippen molar-refractivity contribution >= 4 is 5.78 Å². The summed E-state index contributed by atoms with van der Waals surface area (Å²) in [6, 6.07) is 5.55. The summed E-state index contributed by atoms with van der Waals surface area (Å²) in [6.07, 6.45) is 0. The summed E-state index contributed by atoms with van der Waals surface area (Å²) in [4.78, 5) is 24.4. The number of rotatable bonds is 2. The molecule has 0 radical (unpaired) electrons. The van der Waals surface area contributed by atoms with Gasteiger partial charge in [-0.3, -0.25) is 19.4 Å². The van der Waals surface area contributed by atoms with Crippen LogP contribution in [0, 0.1) is 20.8 Å². The second kappa shape index (κ2) is 4.29. The minimum absolute atomic E-state index is 0.212. The highest BCUT2D eigenvalue weighted by Crippen LogP contribution is 2.16. The number of nitrogens with one attached hydrogen (secondary N) is 1. The molecule has 0 unspecified atom stereocenters. The van der Waals surface area contributed by atoms with Gasteiger partial charge in [0, 0.05) is 18.3 Å². The van der Waals surface area contributed by atoms with Crippen molar-refractivity contribution in [3.63, 3.8) is 0 Å². The molecule has 2 rings (SSSR count). The Balaban J connectivity index is 2.62. The van der Waals surface area contributed by atoms with Gasteiger partial charge in [-0.15, -0.1) is 0 Å². The van der Waals surface area contributed by atoms with Crippen molar-refractivity contribution in [2.75, 3.05) is 0 Å². The largest absolute Gasteiger partial charge is 0.299 e. The van der Waals surface area contributed by atoms with E-state index in [1.54, 1.807) is 20.0 Å². The summed E-state index contributed by atoms with van der Waals surface area (Å²) >= 11 is 0. The highest BCUT2D eigenvalue weighted by Gasteiger charge is 2.20. The standard InChI is InChI=1S/C14H16N2O2/c1-8-6-5-7-11(9(8)2)13(17)12-10(3)15-16(4)14(12)18/h5-7,15H,1-4H3. The van der Waals surface area contributed by atoms with Crippen LogP contribution >= 0.6 is 0 Å². The van der Waals surface area contributed by atoms with Crippen LogP contribution in [0.1, 0.15) is 32.7 Å². The lowest BCUT2D eigenvalue weighted by Crippen LogP contribution is -2.20. The number of H-pyrrole nitrogens is 1. The van der Waals surface area contributed by atoms with Crippen molar-refractivity contribution in [1.82, 2.24) is 9.78 Å². The van der Waals surface area contributed by atoms with Crippen molar-refractivity contribution in [3.8, 4) is 0 Å². The average molecular weight is 244 g/mol. The van der Waals surface area contributed by atoms with Crippen molar-refractivity contribution in [3.05, 3.63) is 56.5 Å². The molecule has 1 N–H and O–H groups in total. The number of aryl methyl sites for hydroxylation is 3. The van der Waals surface area contributed by atoms with Crippen molar-refractivity contribution in [2.45, 2.75) is 20.8 Å². The van der Waals surface area contributed by atoms with E-state index >= 15 is 0 Å². The second-order valence-electron chi connectivity index (χ2n) is 4.55. The van der Waals surface area contributed by atoms with Gasteiger partial charge in [0.1, 0.15) is 5.56 Å². The van der Waals surface area contributed by atoms with E-state index in [0.29, 0.717) is 11.3 Å². The molecule has 0 saturated heterocycles. The first-order valence-corrected chi connectivity index (χ1v) is 5.80. The van der Waals surface area contributed by atoms with Gasteiger partial charge in [-0.1, -0.05) is 18.2 Å². The summed E-state index contributed by atoms with van der Waals surface area (Å²) in [6.45, 7) is 5.59. The van der Waals surface area contributed by atoms with Gasteiger partial charge in [-0.25, -0.2) is 0 Å². The van der Waals surface area contributed by atoms with E-state index in [0.717, 1.165) is 11.1 Å². The summed E-state index contributed by atoms with van der Waals surface area (Å²) in [7, 11) is 1.61. The zero-order valence-electron chi connectivity index (χ0n) is 11.0. The Kier molecular flexibility index (Phi) is 2.95. The van der Waals surface area contributed by atoms with E-state index in [4.69, 9.17) is 0 Å². The number of carbonyl (C=O) groups is 1. The molecule has 1 heterocycles. The fraction of sp³-hybridized carbons (Fsp3) is 0.286. The second-order valence-corrected chi connectivity index (χ2v) is 4.55. The predicted molar refractivity (Wildman–Crippen MR) is 70.1 cm³/mol. The van der Waals surface area contributed by atoms with Crippen LogP contribution in [0.3, 0.4) is 0 Å². The Bertz CT molecular complexity index is 678. The fourth-order valence-corrected chi connectivity index (χ4v) is 2.09. The topological polar surface area (TPSA) is 54.9 Å². The number of aromatic nitrogens is 2. The molecule has 1 aromatic heterocycles. The Morgan fingerprint density at radius 1 is 1.22 bits per heavy atom. The number of carbonyl (C=O) groups excluding carboxylic acids is 1. The lowest BCUT2D eigenvalue weighted by Gasteiger charge is -2.06. The number of nitrogens with zero attached hydrogens (tertiary/aromatic N) is 1. The first-order valence-electron chi connectivity index (χ1n) is 5.80. The van der Waals surface area contributed by atoms with Crippen molar-refractivity contribution in [2.24, 2.45) is 7.05 Å². The van der Waals surface area contributed by atoms with Crippen LogP contribution in [0.5, 0.6) is 0 Å². The molecule has 2 aromatic rings. The lowest BCUT2D eigenvalue weighted by atomic mass is 9.96. The maximum absolute atomic E-state index is 12.4. The highest BCUT2D eigenvalue weighted by molar-refractivity contribution is 6.10. The van der Waals surface area contributed by atoms with E-state index in [-0.39, 0.29) is 16.9 Å². The van der Waals surface area contributed by atoms with Crippen LogP contribution in [-0.4, -0.2) is 15.6 Å². The van der Waals surface area contributed by atoms with Gasteiger partial charge in [0.2, 0.25) is 5.78 Å². The Hall–Kier alpha value is -2.10. The number of hydrogen-bond acceptors (Lipinski definition) is 2. The molecular formula is C14H16N2O2. The predicted octanol–water partition coefficient (Wildman–Crippen LogP) is 1.87. The average Bonchev–Trinajstić information content (AvgIpc) is 2.56. The molecule has 0 atom stereocenters. The lowest BCUT2D eigenvalue weighted by molar-refractivity contribution is 0.103. The third kappa shape index (κ3) is 1.79. The third-order valence-electron chi connectivity index (χ3n) is 3.31. The number of aromatic amines is 1. The molecule has 0 amide bonds. The van der Waals surface area contributed by atoms with Gasteiger partial charge < -0.3 is 0 Å². The normalized spacial score (nSPS) is 10.7. The number of ketones is 1. The van der Waals surface area contributed by atoms with Crippen LogP contribution in [0.15, 0.2) is 23.0 Å². The van der Waals surface area contributed by atoms with Crippen LogP contribution in [-0.2, 0) is 7.05 Å². The first kappa shape index (κ1) is 12.4. The van der Waals surface area contributed by atoms with Gasteiger partial charge >= 0.3 is 0 Å². The maximum atomic E-state index is 12.4. The molecule has 94 valence electrons. The van der Waals surface area contributed by atoms with Crippen molar-refractivity contribution in [1.29, 1.82) is 0 Å². The fourth-order valence-electron chi connectivity index (χ4n) is 2.09. The monoisotopic (exact) mass is 244 g/mol. The molecule has 0 spiro atoms. The van der Waals surface area contributed by atoms with Crippen LogP contribution in [0.4, 0.5) is 0 Å². The smallest absolute Gasteiger partial charge is 0.277 e. The summed E-state index contributed by atoms with van der Waals surface area (Å²) < 4.78 is 1.33. The van der Waals surface area contributed by atoms with Crippen LogP contribution < -0.4 is 5.56 Å². The molecular weight excluding hydrogens is 228 g/mol. The van der Waals surface area contributed by atoms with E-state index < -0.39 is 0 Å².